The molecule has 0 aliphatic carbocycles. The molecule has 0 radical (unpaired) electrons. The number of benzene rings is 1. The molecular formula is C12H13BN2O. The highest BCUT2D eigenvalue weighted by Gasteiger charge is 2.08. The molecule has 0 atom stereocenters. The number of nitrogens with zero attached hydrogens (tertiary/aromatic N) is 2. The van der Waals surface area contributed by atoms with E-state index < -0.39 is 0 Å². The first-order valence-corrected chi connectivity index (χ1v) is 5.19. The number of aryl methyl sites for hydroxylation is 2. The summed E-state index contributed by atoms with van der Waals surface area (Å²) in [6, 6.07) is 7.44. The zero-order chi connectivity index (χ0) is 11.7. The largest absolute Gasteiger partial charge is 0.507 e. The van der Waals surface area contributed by atoms with Crippen molar-refractivity contribution in [1.82, 2.24) is 10.2 Å². The van der Waals surface area contributed by atoms with E-state index in [9.17, 15) is 5.11 Å². The third-order valence-corrected chi connectivity index (χ3v) is 2.69. The van der Waals surface area contributed by atoms with Crippen molar-refractivity contribution >= 4 is 13.4 Å². The van der Waals surface area contributed by atoms with Gasteiger partial charge in [-0.1, -0.05) is 0 Å². The minimum absolute atomic E-state index is 0.251. The van der Waals surface area contributed by atoms with E-state index in [0.29, 0.717) is 5.69 Å². The summed E-state index contributed by atoms with van der Waals surface area (Å²) in [5.41, 5.74) is 4.50. The molecule has 0 unspecified atom stereocenters. The number of aromatic nitrogens is 2. The molecule has 2 aromatic rings. The molecule has 80 valence electrons. The fraction of sp³-hybridized carbons (Fsp3) is 0.167. The Morgan fingerprint density at radius 1 is 1.06 bits per heavy atom. The van der Waals surface area contributed by atoms with Crippen LogP contribution in [0.5, 0.6) is 5.75 Å². The molecule has 0 bridgehead atoms. The van der Waals surface area contributed by atoms with Crippen molar-refractivity contribution in [2.75, 3.05) is 0 Å². The lowest BCUT2D eigenvalue weighted by molar-refractivity contribution is 0.476. The number of hydrogen-bond donors (Lipinski definition) is 1. The molecule has 0 amide bonds. The van der Waals surface area contributed by atoms with E-state index in [1.54, 1.807) is 6.07 Å². The predicted octanol–water partition coefficient (Wildman–Crippen LogP) is 0.724. The third-order valence-electron chi connectivity index (χ3n) is 2.69. The molecule has 1 N–H and O–H groups in total. The maximum absolute atomic E-state index is 9.87. The molecular weight excluding hydrogens is 199 g/mol. The van der Waals surface area contributed by atoms with Crippen LogP contribution >= 0.6 is 0 Å². The van der Waals surface area contributed by atoms with Crippen LogP contribution in [0.3, 0.4) is 0 Å². The van der Waals surface area contributed by atoms with Crippen molar-refractivity contribution in [3.63, 3.8) is 0 Å². The first-order valence-electron chi connectivity index (χ1n) is 5.19. The van der Waals surface area contributed by atoms with Gasteiger partial charge in [0.15, 0.2) is 7.85 Å². The lowest BCUT2D eigenvalue weighted by atomic mass is 10.0. The topological polar surface area (TPSA) is 46.0 Å². The average molecular weight is 212 g/mol. The van der Waals surface area contributed by atoms with Crippen LogP contribution in [0.15, 0.2) is 24.3 Å². The Labute approximate surface area is 95.6 Å². The van der Waals surface area contributed by atoms with E-state index >= 15 is 0 Å². The van der Waals surface area contributed by atoms with Crippen molar-refractivity contribution in [2.24, 2.45) is 0 Å². The standard InChI is InChI=1S/C12H13BN2O/c1-7-5-9(11(16)6-8(7)2)10-3-4-12(13)15-14-10/h3-6,16H,13H2,1-2H3. The second-order valence-corrected chi connectivity index (χ2v) is 4.01. The molecule has 0 aliphatic heterocycles. The molecule has 4 heteroatoms. The first-order chi connectivity index (χ1) is 7.58. The molecule has 16 heavy (non-hydrogen) atoms. The van der Waals surface area contributed by atoms with Crippen LogP contribution in [0.2, 0.25) is 0 Å². The summed E-state index contributed by atoms with van der Waals surface area (Å²) < 4.78 is 0. The van der Waals surface area contributed by atoms with Gasteiger partial charge in [0.1, 0.15) is 5.75 Å². The van der Waals surface area contributed by atoms with Crippen molar-refractivity contribution in [2.45, 2.75) is 13.8 Å². The maximum Gasteiger partial charge on any atom is 0.166 e. The Bertz CT molecular complexity index is 523. The molecule has 0 aliphatic rings. The molecule has 3 nitrogen and oxygen atoms in total. The van der Waals surface area contributed by atoms with Gasteiger partial charge in [0.25, 0.3) is 0 Å². The molecule has 0 fully saturated rings. The summed E-state index contributed by atoms with van der Waals surface area (Å²) in [6.07, 6.45) is 0. The van der Waals surface area contributed by atoms with Crippen LogP contribution in [-0.4, -0.2) is 23.2 Å². The Morgan fingerprint density at radius 3 is 2.38 bits per heavy atom. The molecule has 1 aromatic carbocycles. The highest BCUT2D eigenvalue weighted by Crippen LogP contribution is 2.29. The van der Waals surface area contributed by atoms with Crippen molar-refractivity contribution in [3.05, 3.63) is 35.4 Å². The minimum atomic E-state index is 0.251. The van der Waals surface area contributed by atoms with E-state index in [4.69, 9.17) is 0 Å². The van der Waals surface area contributed by atoms with Gasteiger partial charge in [0.2, 0.25) is 0 Å². The van der Waals surface area contributed by atoms with Gasteiger partial charge < -0.3 is 5.11 Å². The second-order valence-electron chi connectivity index (χ2n) is 4.01. The molecule has 0 spiro atoms. The number of aromatic hydroxyl groups is 1. The van der Waals surface area contributed by atoms with Crippen molar-refractivity contribution in [3.8, 4) is 17.0 Å². The van der Waals surface area contributed by atoms with Gasteiger partial charge in [-0.05, 0) is 49.2 Å². The summed E-state index contributed by atoms with van der Waals surface area (Å²) in [7, 11) is 1.89. The van der Waals surface area contributed by atoms with Crippen LogP contribution in [0, 0.1) is 13.8 Å². The average Bonchev–Trinajstić information content (AvgIpc) is 2.25. The minimum Gasteiger partial charge on any atom is -0.507 e. The van der Waals surface area contributed by atoms with Crippen LogP contribution < -0.4 is 5.59 Å². The highest BCUT2D eigenvalue weighted by molar-refractivity contribution is 6.30. The van der Waals surface area contributed by atoms with Crippen LogP contribution in [0.25, 0.3) is 11.3 Å². The summed E-state index contributed by atoms with van der Waals surface area (Å²) in [5, 5.41) is 17.9. The normalized spacial score (nSPS) is 10.4. The van der Waals surface area contributed by atoms with Gasteiger partial charge >= 0.3 is 0 Å². The summed E-state index contributed by atoms with van der Waals surface area (Å²) >= 11 is 0. The predicted molar refractivity (Wildman–Crippen MR) is 66.8 cm³/mol. The smallest absolute Gasteiger partial charge is 0.166 e. The van der Waals surface area contributed by atoms with E-state index in [1.165, 1.54) is 0 Å². The highest BCUT2D eigenvalue weighted by atomic mass is 16.3. The van der Waals surface area contributed by atoms with E-state index in [2.05, 4.69) is 10.2 Å². The quantitative estimate of drug-likeness (QED) is 0.708. The monoisotopic (exact) mass is 212 g/mol. The number of hydrogen-bond acceptors (Lipinski definition) is 3. The Morgan fingerprint density at radius 2 is 1.75 bits per heavy atom. The Kier molecular flexibility index (Phi) is 2.65. The van der Waals surface area contributed by atoms with Gasteiger partial charge in [-0.2, -0.15) is 10.2 Å². The van der Waals surface area contributed by atoms with E-state index in [0.717, 1.165) is 22.3 Å². The van der Waals surface area contributed by atoms with Gasteiger partial charge in [-0.3, -0.25) is 0 Å². The lowest BCUT2D eigenvalue weighted by Gasteiger charge is -2.07. The molecule has 1 heterocycles. The summed E-state index contributed by atoms with van der Waals surface area (Å²) in [4.78, 5) is 0. The first kappa shape index (κ1) is 10.7. The van der Waals surface area contributed by atoms with Crippen LogP contribution in [0.4, 0.5) is 0 Å². The van der Waals surface area contributed by atoms with Gasteiger partial charge in [0.05, 0.1) is 5.69 Å². The van der Waals surface area contributed by atoms with Gasteiger partial charge in [-0.25, -0.2) is 0 Å². The number of phenols is 1. The zero-order valence-corrected chi connectivity index (χ0v) is 9.65. The number of rotatable bonds is 1. The lowest BCUT2D eigenvalue weighted by Crippen LogP contribution is -2.09. The number of phenolic OH excluding ortho intramolecular Hbond substituents is 1. The fourth-order valence-corrected chi connectivity index (χ4v) is 1.55. The van der Waals surface area contributed by atoms with Gasteiger partial charge in [0, 0.05) is 11.2 Å². The summed E-state index contributed by atoms with van der Waals surface area (Å²) in [5.74, 6) is 0.251. The van der Waals surface area contributed by atoms with E-state index in [-0.39, 0.29) is 5.75 Å². The molecule has 0 saturated heterocycles. The third kappa shape index (κ3) is 1.91. The van der Waals surface area contributed by atoms with E-state index in [1.807, 2.05) is 39.9 Å². The van der Waals surface area contributed by atoms with Crippen LogP contribution in [0.1, 0.15) is 11.1 Å². The molecule has 1 aromatic heterocycles. The molecule has 2 rings (SSSR count). The zero-order valence-electron chi connectivity index (χ0n) is 9.65. The Hall–Kier alpha value is -1.84. The van der Waals surface area contributed by atoms with Crippen molar-refractivity contribution < 1.29 is 5.11 Å². The summed E-state index contributed by atoms with van der Waals surface area (Å²) in [6.45, 7) is 3.99. The molecule has 0 saturated carbocycles. The fourth-order valence-electron chi connectivity index (χ4n) is 1.55. The van der Waals surface area contributed by atoms with Crippen LogP contribution in [-0.2, 0) is 0 Å². The maximum atomic E-state index is 9.87. The SMILES string of the molecule is Bc1ccc(-c2cc(C)c(C)cc2O)nn1. The van der Waals surface area contributed by atoms with Crippen molar-refractivity contribution in [1.29, 1.82) is 0 Å². The van der Waals surface area contributed by atoms with Gasteiger partial charge in [-0.15, -0.1) is 0 Å². The second kappa shape index (κ2) is 3.97. The Balaban J connectivity index is 2.56.